The number of rotatable bonds is 8. The molecule has 1 aromatic heterocycles. The van der Waals surface area contributed by atoms with Gasteiger partial charge in [0, 0.05) is 25.1 Å². The summed E-state index contributed by atoms with van der Waals surface area (Å²) in [6.45, 7) is 3.83. The lowest BCUT2D eigenvalue weighted by molar-refractivity contribution is -0.137. The molecule has 4 rings (SSSR count). The van der Waals surface area contributed by atoms with Crippen LogP contribution in [0.3, 0.4) is 0 Å². The van der Waals surface area contributed by atoms with Crippen LogP contribution in [0.15, 0.2) is 54.6 Å². The number of hydrogen-bond donors (Lipinski definition) is 3. The summed E-state index contributed by atoms with van der Waals surface area (Å²) in [6, 6.07) is 17.0. The van der Waals surface area contributed by atoms with E-state index < -0.39 is 24.0 Å². The van der Waals surface area contributed by atoms with E-state index in [0.717, 1.165) is 22.3 Å². The van der Waals surface area contributed by atoms with Crippen LogP contribution in [0.4, 0.5) is 10.6 Å². The van der Waals surface area contributed by atoms with Gasteiger partial charge in [0.25, 0.3) is 5.91 Å². The zero-order valence-corrected chi connectivity index (χ0v) is 19.8. The number of anilines is 1. The Hall–Kier alpha value is -4.14. The van der Waals surface area contributed by atoms with Crippen LogP contribution in [-0.4, -0.2) is 45.5 Å². The number of nitrogens with one attached hydrogen (secondary N) is 2. The van der Waals surface area contributed by atoms with Crippen molar-refractivity contribution in [3.63, 3.8) is 0 Å². The summed E-state index contributed by atoms with van der Waals surface area (Å²) < 4.78 is 6.85. The normalized spacial score (nSPS) is 13.1. The number of benzene rings is 2. The highest BCUT2D eigenvalue weighted by atomic mass is 16.5. The Morgan fingerprint density at radius 3 is 2.23 bits per heavy atom. The predicted molar refractivity (Wildman–Crippen MR) is 130 cm³/mol. The van der Waals surface area contributed by atoms with Crippen molar-refractivity contribution in [2.24, 2.45) is 13.0 Å². The average molecular weight is 477 g/mol. The molecule has 0 saturated heterocycles. The molecule has 1 atom stereocenters. The van der Waals surface area contributed by atoms with Gasteiger partial charge < -0.3 is 15.2 Å². The molecule has 0 spiro atoms. The van der Waals surface area contributed by atoms with Crippen molar-refractivity contribution in [2.45, 2.75) is 32.2 Å². The van der Waals surface area contributed by atoms with E-state index >= 15 is 0 Å². The fourth-order valence-corrected chi connectivity index (χ4v) is 4.36. The number of aromatic nitrogens is 2. The molecule has 1 unspecified atom stereocenters. The maximum Gasteiger partial charge on any atom is 0.412 e. The molecule has 2 aromatic carbocycles. The van der Waals surface area contributed by atoms with Gasteiger partial charge in [-0.15, -0.1) is 0 Å². The third-order valence-corrected chi connectivity index (χ3v) is 6.20. The monoisotopic (exact) mass is 476 g/mol. The smallest absolute Gasteiger partial charge is 0.412 e. The van der Waals surface area contributed by atoms with Crippen molar-refractivity contribution in [1.29, 1.82) is 0 Å². The van der Waals surface area contributed by atoms with Crippen molar-refractivity contribution in [1.82, 2.24) is 15.1 Å². The van der Waals surface area contributed by atoms with Gasteiger partial charge in [-0.2, -0.15) is 5.10 Å². The summed E-state index contributed by atoms with van der Waals surface area (Å²) in [5.41, 5.74) is 4.69. The minimum absolute atomic E-state index is 0.0679. The Morgan fingerprint density at radius 2 is 1.66 bits per heavy atom. The maximum absolute atomic E-state index is 12.7. The minimum Gasteiger partial charge on any atom is -0.481 e. The quantitative estimate of drug-likeness (QED) is 0.452. The van der Waals surface area contributed by atoms with E-state index in [-0.39, 0.29) is 36.4 Å². The van der Waals surface area contributed by atoms with Gasteiger partial charge in [-0.3, -0.25) is 19.6 Å². The zero-order valence-electron chi connectivity index (χ0n) is 19.8. The number of amides is 2. The maximum atomic E-state index is 12.7. The molecule has 182 valence electrons. The van der Waals surface area contributed by atoms with Crippen LogP contribution >= 0.6 is 0 Å². The molecular formula is C26H28N4O5. The van der Waals surface area contributed by atoms with E-state index in [9.17, 15) is 14.4 Å². The molecule has 9 heteroatoms. The number of carbonyl (C=O) groups excluding carboxylic acids is 2. The van der Waals surface area contributed by atoms with Crippen molar-refractivity contribution in [2.75, 3.05) is 11.9 Å². The van der Waals surface area contributed by atoms with Gasteiger partial charge >= 0.3 is 12.1 Å². The molecule has 0 radical (unpaired) electrons. The van der Waals surface area contributed by atoms with Gasteiger partial charge in [0.1, 0.15) is 12.3 Å². The molecule has 3 N–H and O–H groups in total. The number of aliphatic carboxylic acids is 1. The largest absolute Gasteiger partial charge is 0.481 e. The lowest BCUT2D eigenvalue weighted by atomic mass is 9.98. The molecule has 1 heterocycles. The Kier molecular flexibility index (Phi) is 6.86. The number of aryl methyl sites for hydroxylation is 1. The third-order valence-electron chi connectivity index (χ3n) is 6.20. The lowest BCUT2D eigenvalue weighted by Crippen LogP contribution is -2.40. The highest BCUT2D eigenvalue weighted by Crippen LogP contribution is 2.44. The number of ether oxygens (including phenoxy) is 1. The van der Waals surface area contributed by atoms with E-state index in [1.807, 2.05) is 50.2 Å². The molecule has 9 nitrogen and oxygen atoms in total. The van der Waals surface area contributed by atoms with E-state index in [0.29, 0.717) is 0 Å². The number of carboxylic acids is 1. The zero-order chi connectivity index (χ0) is 25.1. The second-order valence-corrected chi connectivity index (χ2v) is 8.91. The molecule has 0 bridgehead atoms. The van der Waals surface area contributed by atoms with Gasteiger partial charge in [-0.05, 0) is 28.2 Å². The summed E-state index contributed by atoms with van der Waals surface area (Å²) in [5.74, 6) is -1.44. The van der Waals surface area contributed by atoms with Crippen molar-refractivity contribution < 1.29 is 24.2 Å². The van der Waals surface area contributed by atoms with Crippen molar-refractivity contribution in [3.8, 4) is 11.1 Å². The van der Waals surface area contributed by atoms with Crippen LogP contribution in [0.25, 0.3) is 11.1 Å². The van der Waals surface area contributed by atoms with Crippen LogP contribution < -0.4 is 10.6 Å². The van der Waals surface area contributed by atoms with Gasteiger partial charge in [0.2, 0.25) is 0 Å². The lowest BCUT2D eigenvalue weighted by Gasteiger charge is -2.20. The Balaban J connectivity index is 1.40. The highest BCUT2D eigenvalue weighted by molar-refractivity contribution is 5.95. The first-order valence-corrected chi connectivity index (χ1v) is 11.4. The van der Waals surface area contributed by atoms with Gasteiger partial charge in [0.15, 0.2) is 5.82 Å². The molecule has 1 aliphatic carbocycles. The van der Waals surface area contributed by atoms with Crippen LogP contribution in [-0.2, 0) is 16.6 Å². The molecule has 1 aliphatic rings. The van der Waals surface area contributed by atoms with Gasteiger partial charge in [-0.25, -0.2) is 4.79 Å². The van der Waals surface area contributed by atoms with Gasteiger partial charge in [-0.1, -0.05) is 62.4 Å². The molecule has 2 amide bonds. The van der Waals surface area contributed by atoms with Gasteiger partial charge in [0.05, 0.1) is 6.42 Å². The second kappa shape index (κ2) is 10.0. The summed E-state index contributed by atoms with van der Waals surface area (Å²) in [4.78, 5) is 36.3. The molecule has 35 heavy (non-hydrogen) atoms. The van der Waals surface area contributed by atoms with Crippen LogP contribution in [0.1, 0.15) is 47.8 Å². The Morgan fingerprint density at radius 1 is 1.06 bits per heavy atom. The Labute approximate surface area is 203 Å². The summed E-state index contributed by atoms with van der Waals surface area (Å²) in [5, 5.41) is 18.5. The first-order valence-electron chi connectivity index (χ1n) is 11.4. The fraction of sp³-hybridized carbons (Fsp3) is 0.308. The van der Waals surface area contributed by atoms with Crippen LogP contribution in [0.2, 0.25) is 0 Å². The number of nitrogens with zero attached hydrogens (tertiary/aromatic N) is 2. The first kappa shape index (κ1) is 24.0. The number of carbonyl (C=O) groups is 3. The van der Waals surface area contributed by atoms with E-state index in [1.165, 1.54) is 10.7 Å². The first-order chi connectivity index (χ1) is 16.7. The van der Waals surface area contributed by atoms with E-state index in [1.54, 1.807) is 7.05 Å². The summed E-state index contributed by atoms with van der Waals surface area (Å²) in [6.07, 6.45) is -0.866. The molecule has 0 aliphatic heterocycles. The van der Waals surface area contributed by atoms with Crippen LogP contribution in [0.5, 0.6) is 0 Å². The molecule has 3 aromatic rings. The van der Waals surface area contributed by atoms with E-state index in [4.69, 9.17) is 9.84 Å². The SMILES string of the molecule is CC(C)C(CC(=O)O)NC(=O)c1cc(NC(=O)OCC2c3ccccc3-c3ccccc32)nn1C. The molecule has 0 fully saturated rings. The minimum atomic E-state index is -0.994. The average Bonchev–Trinajstić information content (AvgIpc) is 3.34. The number of fused-ring (bicyclic) bond motifs is 3. The predicted octanol–water partition coefficient (Wildman–Crippen LogP) is 4.01. The van der Waals surface area contributed by atoms with E-state index in [2.05, 4.69) is 27.9 Å². The topological polar surface area (TPSA) is 123 Å². The molecular weight excluding hydrogens is 448 g/mol. The number of hydrogen-bond acceptors (Lipinski definition) is 5. The molecule has 0 saturated carbocycles. The summed E-state index contributed by atoms with van der Waals surface area (Å²) >= 11 is 0. The Bertz CT molecular complexity index is 1220. The third kappa shape index (κ3) is 5.18. The fourth-order valence-electron chi connectivity index (χ4n) is 4.36. The second-order valence-electron chi connectivity index (χ2n) is 8.91. The highest BCUT2D eigenvalue weighted by Gasteiger charge is 2.29. The van der Waals surface area contributed by atoms with Crippen LogP contribution in [0, 0.1) is 5.92 Å². The summed E-state index contributed by atoms with van der Waals surface area (Å²) in [7, 11) is 1.57. The van der Waals surface area contributed by atoms with Crippen molar-refractivity contribution in [3.05, 3.63) is 71.4 Å². The van der Waals surface area contributed by atoms with Crippen molar-refractivity contribution >= 4 is 23.8 Å². The standard InChI is InChI=1S/C26H28N4O5/c1-15(2)21(12-24(31)32)27-25(33)22-13-23(29-30(22)3)28-26(34)35-14-20-18-10-6-4-8-16(18)17-9-5-7-11-19(17)20/h4-11,13,15,20-21H,12,14H2,1-3H3,(H,27,33)(H,31,32)(H,28,29,34). The number of carboxylic acid groups (broad SMARTS) is 1.